The number of hydrogen-bond donors (Lipinski definition) is 2. The molecule has 0 saturated carbocycles. The second-order valence-corrected chi connectivity index (χ2v) is 6.65. The molecule has 6 heteroatoms. The van der Waals surface area contributed by atoms with Gasteiger partial charge in [-0.05, 0) is 59.8 Å². The van der Waals surface area contributed by atoms with Gasteiger partial charge >= 0.3 is 0 Å². The third-order valence-corrected chi connectivity index (χ3v) is 4.63. The molecule has 0 bridgehead atoms. The Hall–Kier alpha value is -2.21. The summed E-state index contributed by atoms with van der Waals surface area (Å²) in [6, 6.07) is 18.6. The average molecular weight is 390 g/mol. The van der Waals surface area contributed by atoms with Gasteiger partial charge in [0.2, 0.25) is 0 Å². The van der Waals surface area contributed by atoms with E-state index in [1.54, 1.807) is 23.5 Å². The standard InChI is InChI=1S/C20H20FN3S.ClH/c21-17-6-1-4-15(12-17)9-10-23-14-16-5-2-7-18(13-16)24-20(22)19-8-3-11-25-19;/h1-8,11-13,23H,9-10,14H2,(H2,22,24);1H. The second kappa shape index (κ2) is 10.1. The number of nitrogens with zero attached hydrogens (tertiary/aromatic N) is 1. The second-order valence-electron chi connectivity index (χ2n) is 5.70. The maximum atomic E-state index is 13.1. The number of hydrogen-bond acceptors (Lipinski definition) is 3. The summed E-state index contributed by atoms with van der Waals surface area (Å²) in [5.74, 6) is 0.345. The van der Waals surface area contributed by atoms with Crippen molar-refractivity contribution in [2.75, 3.05) is 6.54 Å². The van der Waals surface area contributed by atoms with E-state index in [4.69, 9.17) is 5.73 Å². The average Bonchev–Trinajstić information content (AvgIpc) is 3.14. The van der Waals surface area contributed by atoms with E-state index in [1.807, 2.05) is 41.8 Å². The van der Waals surface area contributed by atoms with Crippen LogP contribution in [-0.4, -0.2) is 12.4 Å². The quantitative estimate of drug-likeness (QED) is 0.350. The summed E-state index contributed by atoms with van der Waals surface area (Å²) in [5.41, 5.74) is 9.01. The Morgan fingerprint density at radius 2 is 1.85 bits per heavy atom. The van der Waals surface area contributed by atoms with E-state index < -0.39 is 0 Å². The first-order valence-electron chi connectivity index (χ1n) is 8.13. The van der Waals surface area contributed by atoms with Crippen LogP contribution in [0.5, 0.6) is 0 Å². The van der Waals surface area contributed by atoms with Crippen molar-refractivity contribution < 1.29 is 4.39 Å². The van der Waals surface area contributed by atoms with Gasteiger partial charge in [-0.25, -0.2) is 9.38 Å². The number of nitrogens with two attached hydrogens (primary N) is 1. The monoisotopic (exact) mass is 389 g/mol. The smallest absolute Gasteiger partial charge is 0.141 e. The first-order chi connectivity index (χ1) is 12.2. The molecule has 2 aromatic carbocycles. The molecule has 3 aromatic rings. The minimum Gasteiger partial charge on any atom is -0.383 e. The lowest BCUT2D eigenvalue weighted by atomic mass is 10.1. The van der Waals surface area contributed by atoms with E-state index in [2.05, 4.69) is 16.4 Å². The molecule has 3 nitrogen and oxygen atoms in total. The molecule has 26 heavy (non-hydrogen) atoms. The Bertz CT molecular complexity index is 850. The van der Waals surface area contributed by atoms with Crippen LogP contribution < -0.4 is 11.1 Å². The van der Waals surface area contributed by atoms with Crippen LogP contribution in [0, 0.1) is 5.82 Å². The number of thiophene rings is 1. The van der Waals surface area contributed by atoms with Crippen molar-refractivity contribution in [3.63, 3.8) is 0 Å². The number of amidine groups is 1. The predicted octanol–water partition coefficient (Wildman–Crippen LogP) is 4.68. The highest BCUT2D eigenvalue weighted by Gasteiger charge is 2.01. The molecule has 0 saturated heterocycles. The summed E-state index contributed by atoms with van der Waals surface area (Å²) in [7, 11) is 0. The maximum Gasteiger partial charge on any atom is 0.141 e. The molecule has 136 valence electrons. The van der Waals surface area contributed by atoms with Gasteiger partial charge in [0, 0.05) is 6.54 Å². The first-order valence-corrected chi connectivity index (χ1v) is 9.01. The highest BCUT2D eigenvalue weighted by Crippen LogP contribution is 2.17. The van der Waals surface area contributed by atoms with Crippen LogP contribution >= 0.6 is 23.7 Å². The largest absolute Gasteiger partial charge is 0.383 e. The van der Waals surface area contributed by atoms with Crippen LogP contribution in [0.15, 0.2) is 71.0 Å². The first kappa shape index (κ1) is 20.1. The number of rotatable bonds is 7. The van der Waals surface area contributed by atoms with Gasteiger partial charge in [0.1, 0.15) is 11.7 Å². The SMILES string of the molecule is Cl.NC(=Nc1cccc(CNCCc2cccc(F)c2)c1)c1cccs1. The Morgan fingerprint density at radius 3 is 2.62 bits per heavy atom. The molecule has 0 spiro atoms. The Balaban J connectivity index is 0.00000243. The molecule has 0 atom stereocenters. The zero-order valence-electron chi connectivity index (χ0n) is 14.2. The van der Waals surface area contributed by atoms with Crippen LogP contribution in [0.1, 0.15) is 16.0 Å². The third kappa shape index (κ3) is 5.95. The summed E-state index contributed by atoms with van der Waals surface area (Å²) in [5, 5.41) is 5.36. The van der Waals surface area contributed by atoms with Gasteiger partial charge in [-0.2, -0.15) is 0 Å². The molecule has 0 aliphatic carbocycles. The molecule has 0 fully saturated rings. The molecule has 0 unspecified atom stereocenters. The minimum absolute atomic E-state index is 0. The van der Waals surface area contributed by atoms with Crippen LogP contribution in [0.4, 0.5) is 10.1 Å². The Kier molecular flexibility index (Phi) is 7.78. The van der Waals surface area contributed by atoms with E-state index in [0.29, 0.717) is 5.84 Å². The van der Waals surface area contributed by atoms with E-state index >= 15 is 0 Å². The van der Waals surface area contributed by atoms with Crippen molar-refractivity contribution in [1.29, 1.82) is 0 Å². The van der Waals surface area contributed by atoms with Crippen LogP contribution in [0.2, 0.25) is 0 Å². The van der Waals surface area contributed by atoms with E-state index in [-0.39, 0.29) is 18.2 Å². The number of halogens is 2. The van der Waals surface area contributed by atoms with Crippen molar-refractivity contribution in [1.82, 2.24) is 5.32 Å². The van der Waals surface area contributed by atoms with E-state index in [9.17, 15) is 4.39 Å². The fourth-order valence-electron chi connectivity index (χ4n) is 2.51. The van der Waals surface area contributed by atoms with Gasteiger partial charge in [-0.15, -0.1) is 23.7 Å². The van der Waals surface area contributed by atoms with Crippen LogP contribution in [0.3, 0.4) is 0 Å². The number of benzene rings is 2. The molecule has 0 amide bonds. The number of nitrogens with one attached hydrogen (secondary N) is 1. The molecule has 1 heterocycles. The van der Waals surface area contributed by atoms with Crippen molar-refractivity contribution >= 4 is 35.3 Å². The topological polar surface area (TPSA) is 50.4 Å². The number of aliphatic imine (C=N–C) groups is 1. The van der Waals surface area contributed by atoms with E-state index in [1.165, 1.54) is 6.07 Å². The van der Waals surface area contributed by atoms with Crippen molar-refractivity contribution in [3.05, 3.63) is 87.9 Å². The molecule has 3 N–H and O–H groups in total. The summed E-state index contributed by atoms with van der Waals surface area (Å²) >= 11 is 1.58. The van der Waals surface area contributed by atoms with Crippen LogP contribution in [-0.2, 0) is 13.0 Å². The maximum absolute atomic E-state index is 13.1. The molecule has 0 aliphatic rings. The highest BCUT2D eigenvalue weighted by molar-refractivity contribution is 7.12. The van der Waals surface area contributed by atoms with Gasteiger partial charge < -0.3 is 11.1 Å². The fraction of sp³-hybridized carbons (Fsp3) is 0.150. The lowest BCUT2D eigenvalue weighted by Gasteiger charge is -2.06. The summed E-state index contributed by atoms with van der Waals surface area (Å²) in [6.07, 6.45) is 0.793. The predicted molar refractivity (Wildman–Crippen MR) is 110 cm³/mol. The van der Waals surface area contributed by atoms with Gasteiger partial charge in [-0.3, -0.25) is 0 Å². The van der Waals surface area contributed by atoms with Crippen molar-refractivity contribution in [2.45, 2.75) is 13.0 Å². The Labute approximate surface area is 163 Å². The van der Waals surface area contributed by atoms with Crippen LogP contribution in [0.25, 0.3) is 0 Å². The highest BCUT2D eigenvalue weighted by atomic mass is 35.5. The molecule has 0 aliphatic heterocycles. The van der Waals surface area contributed by atoms with Gasteiger partial charge in [0.25, 0.3) is 0 Å². The molecule has 1 aromatic heterocycles. The lowest BCUT2D eigenvalue weighted by molar-refractivity contribution is 0.622. The zero-order chi connectivity index (χ0) is 17.5. The summed E-state index contributed by atoms with van der Waals surface area (Å²) in [4.78, 5) is 5.45. The molecular formula is C20H21ClFN3S. The van der Waals surface area contributed by atoms with Gasteiger partial charge in [-0.1, -0.05) is 30.3 Å². The van der Waals surface area contributed by atoms with Crippen molar-refractivity contribution in [2.24, 2.45) is 10.7 Å². The zero-order valence-corrected chi connectivity index (χ0v) is 15.8. The summed E-state index contributed by atoms with van der Waals surface area (Å²) < 4.78 is 13.1. The van der Waals surface area contributed by atoms with Crippen molar-refractivity contribution in [3.8, 4) is 0 Å². The minimum atomic E-state index is -0.189. The van der Waals surface area contributed by atoms with Gasteiger partial charge in [0.05, 0.1) is 10.6 Å². The normalized spacial score (nSPS) is 11.2. The lowest BCUT2D eigenvalue weighted by Crippen LogP contribution is -2.16. The third-order valence-electron chi connectivity index (χ3n) is 3.74. The molecule has 0 radical (unpaired) electrons. The summed E-state index contributed by atoms with van der Waals surface area (Å²) in [6.45, 7) is 1.52. The van der Waals surface area contributed by atoms with E-state index in [0.717, 1.165) is 41.2 Å². The molecular weight excluding hydrogens is 369 g/mol. The molecule has 3 rings (SSSR count). The fourth-order valence-corrected chi connectivity index (χ4v) is 3.14. The van der Waals surface area contributed by atoms with Gasteiger partial charge in [0.15, 0.2) is 0 Å². The Morgan fingerprint density at radius 1 is 1.04 bits per heavy atom.